The monoisotopic (exact) mass is 651 g/mol. The van der Waals surface area contributed by atoms with Crippen molar-refractivity contribution < 1.29 is 62.2 Å². The van der Waals surface area contributed by atoms with Gasteiger partial charge in [0.05, 0.1) is 33.0 Å². The largest absolute Gasteiger partial charge is 0.491 e. The molecule has 0 aliphatic carbocycles. The van der Waals surface area contributed by atoms with Crippen LogP contribution in [0.25, 0.3) is 0 Å². The van der Waals surface area contributed by atoms with Crippen molar-refractivity contribution in [1.29, 1.82) is 0 Å². The zero-order chi connectivity index (χ0) is 34.3. The number of esters is 3. The van der Waals surface area contributed by atoms with Crippen molar-refractivity contribution in [2.45, 2.75) is 39.4 Å². The summed E-state index contributed by atoms with van der Waals surface area (Å²) in [6.07, 6.45) is -2.28. The van der Waals surface area contributed by atoms with Crippen LogP contribution < -0.4 is 14.8 Å². The van der Waals surface area contributed by atoms with Crippen molar-refractivity contribution in [1.82, 2.24) is 5.32 Å². The van der Waals surface area contributed by atoms with Gasteiger partial charge in [0.1, 0.15) is 44.0 Å². The van der Waals surface area contributed by atoms with E-state index >= 15 is 0 Å². The molecule has 46 heavy (non-hydrogen) atoms. The lowest BCUT2D eigenvalue weighted by atomic mass is 10.3. The Kier molecular flexibility index (Phi) is 19.8. The lowest BCUT2D eigenvalue weighted by Crippen LogP contribution is -2.35. The fraction of sp³-hybridized carbons (Fsp3) is 0.500. The molecule has 14 nitrogen and oxygen atoms in total. The molecule has 1 amide bonds. The summed E-state index contributed by atoms with van der Waals surface area (Å²) in [6.45, 7) is 15.4. The molecule has 1 aromatic carbocycles. The average Bonchev–Trinajstić information content (AvgIpc) is 3.01. The van der Waals surface area contributed by atoms with E-state index in [1.807, 2.05) is 0 Å². The number of aliphatic hydroxyl groups excluding tert-OH is 1. The molecule has 0 heterocycles. The zero-order valence-electron chi connectivity index (χ0n) is 26.7. The number of alkyl carbamates (subject to hydrolysis) is 1. The van der Waals surface area contributed by atoms with E-state index in [-0.39, 0.29) is 82.7 Å². The fourth-order valence-corrected chi connectivity index (χ4v) is 3.02. The zero-order valence-corrected chi connectivity index (χ0v) is 26.7. The molecule has 0 aromatic heterocycles. The predicted molar refractivity (Wildman–Crippen MR) is 165 cm³/mol. The second-order valence-corrected chi connectivity index (χ2v) is 9.96. The molecule has 0 spiro atoms. The number of hydrogen-bond donors (Lipinski definition) is 2. The number of aliphatic hydroxyl groups is 1. The third kappa shape index (κ3) is 19.1. The first-order valence-electron chi connectivity index (χ1n) is 14.5. The third-order valence-corrected chi connectivity index (χ3v) is 5.36. The summed E-state index contributed by atoms with van der Waals surface area (Å²) in [4.78, 5) is 46.7. The van der Waals surface area contributed by atoms with Crippen LogP contribution in [0.2, 0.25) is 0 Å². The number of carbonyl (C=O) groups is 4. The maximum absolute atomic E-state index is 12.2. The van der Waals surface area contributed by atoms with Crippen molar-refractivity contribution in [2.24, 2.45) is 0 Å². The summed E-state index contributed by atoms with van der Waals surface area (Å²) in [5.41, 5.74) is 0.718. The Hall–Kier alpha value is -4.40. The highest BCUT2D eigenvalue weighted by Gasteiger charge is 2.18. The van der Waals surface area contributed by atoms with Crippen LogP contribution in [0.3, 0.4) is 0 Å². The van der Waals surface area contributed by atoms with Crippen LogP contribution in [0.15, 0.2) is 60.7 Å². The van der Waals surface area contributed by atoms with E-state index in [4.69, 9.17) is 37.9 Å². The van der Waals surface area contributed by atoms with Gasteiger partial charge in [-0.25, -0.2) is 19.2 Å². The lowest BCUT2D eigenvalue weighted by molar-refractivity contribution is -0.143. The number of carbonyl (C=O) groups excluding carboxylic acids is 4. The van der Waals surface area contributed by atoms with Crippen molar-refractivity contribution >= 4 is 24.0 Å². The molecule has 0 bridgehead atoms. The highest BCUT2D eigenvalue weighted by molar-refractivity contribution is 5.87. The number of benzene rings is 1. The highest BCUT2D eigenvalue weighted by Crippen LogP contribution is 2.19. The Morgan fingerprint density at radius 2 is 1.24 bits per heavy atom. The SMILES string of the molecule is C=C(C)C(=O)OCCCNC(=O)OC(COCCOc1cccc(OCCOCC(O)COC(=O)C(=C)C)c1)COC(=O)C(=C)C. The van der Waals surface area contributed by atoms with Gasteiger partial charge in [-0.1, -0.05) is 25.8 Å². The Morgan fingerprint density at radius 1 is 0.717 bits per heavy atom. The van der Waals surface area contributed by atoms with Gasteiger partial charge in [0.2, 0.25) is 0 Å². The van der Waals surface area contributed by atoms with Gasteiger partial charge in [0.15, 0.2) is 6.10 Å². The smallest absolute Gasteiger partial charge is 0.407 e. The van der Waals surface area contributed by atoms with E-state index in [1.54, 1.807) is 24.3 Å². The van der Waals surface area contributed by atoms with Crippen molar-refractivity contribution in [2.75, 3.05) is 66.0 Å². The molecule has 1 aromatic rings. The Bertz CT molecular complexity index is 1170. The molecule has 2 N–H and O–H groups in total. The average molecular weight is 652 g/mol. The molecule has 0 saturated heterocycles. The van der Waals surface area contributed by atoms with E-state index in [1.165, 1.54) is 20.8 Å². The molecule has 0 aliphatic heterocycles. The first-order valence-corrected chi connectivity index (χ1v) is 14.5. The van der Waals surface area contributed by atoms with E-state index in [0.29, 0.717) is 17.9 Å². The quantitative estimate of drug-likeness (QED) is 0.0723. The van der Waals surface area contributed by atoms with Crippen molar-refractivity contribution in [3.63, 3.8) is 0 Å². The van der Waals surface area contributed by atoms with Gasteiger partial charge in [-0.3, -0.25) is 0 Å². The van der Waals surface area contributed by atoms with Gasteiger partial charge < -0.3 is 48.3 Å². The van der Waals surface area contributed by atoms with Gasteiger partial charge in [-0.2, -0.15) is 0 Å². The summed E-state index contributed by atoms with van der Waals surface area (Å²) in [5.74, 6) is -0.671. The second-order valence-electron chi connectivity index (χ2n) is 9.96. The Morgan fingerprint density at radius 3 is 1.80 bits per heavy atom. The minimum absolute atomic E-state index is 0.0301. The summed E-state index contributed by atoms with van der Waals surface area (Å²) < 4.78 is 42.5. The van der Waals surface area contributed by atoms with Crippen LogP contribution in [0, 0.1) is 0 Å². The number of rotatable bonds is 24. The van der Waals surface area contributed by atoms with E-state index in [0.717, 1.165) is 0 Å². The molecule has 0 saturated carbocycles. The van der Waals surface area contributed by atoms with Crippen LogP contribution in [0.4, 0.5) is 4.79 Å². The van der Waals surface area contributed by atoms with Gasteiger partial charge in [0.25, 0.3) is 0 Å². The molecule has 14 heteroatoms. The number of amides is 1. The highest BCUT2D eigenvalue weighted by atomic mass is 16.6. The summed E-state index contributed by atoms with van der Waals surface area (Å²) in [6, 6.07) is 6.90. The normalized spacial score (nSPS) is 11.7. The number of hydrogen-bond acceptors (Lipinski definition) is 13. The lowest BCUT2D eigenvalue weighted by Gasteiger charge is -2.18. The molecule has 1 rings (SSSR count). The van der Waals surface area contributed by atoms with Crippen molar-refractivity contribution in [3.05, 3.63) is 60.7 Å². The maximum Gasteiger partial charge on any atom is 0.407 e. The molecule has 2 unspecified atom stereocenters. The minimum atomic E-state index is -0.968. The Balaban J connectivity index is 2.37. The minimum Gasteiger partial charge on any atom is -0.491 e. The van der Waals surface area contributed by atoms with Crippen LogP contribution in [0.1, 0.15) is 27.2 Å². The van der Waals surface area contributed by atoms with Gasteiger partial charge in [-0.15, -0.1) is 0 Å². The molecule has 2 atom stereocenters. The van der Waals surface area contributed by atoms with E-state index in [2.05, 4.69) is 25.1 Å². The summed E-state index contributed by atoms with van der Waals surface area (Å²) in [7, 11) is 0. The van der Waals surface area contributed by atoms with Gasteiger partial charge >= 0.3 is 24.0 Å². The molecule has 0 fully saturated rings. The Labute approximate surface area is 269 Å². The van der Waals surface area contributed by atoms with Gasteiger partial charge in [0, 0.05) is 29.3 Å². The molecular formula is C32H45NO13. The van der Waals surface area contributed by atoms with Crippen LogP contribution >= 0.6 is 0 Å². The third-order valence-electron chi connectivity index (χ3n) is 5.36. The second kappa shape index (κ2) is 23.0. The van der Waals surface area contributed by atoms with E-state index in [9.17, 15) is 24.3 Å². The predicted octanol–water partition coefficient (Wildman–Crippen LogP) is 2.68. The number of ether oxygens (including phenoxy) is 8. The first-order chi connectivity index (χ1) is 21.9. The topological polar surface area (TPSA) is 174 Å². The molecular weight excluding hydrogens is 606 g/mol. The van der Waals surface area contributed by atoms with Crippen LogP contribution in [0.5, 0.6) is 11.5 Å². The fourth-order valence-electron chi connectivity index (χ4n) is 3.02. The van der Waals surface area contributed by atoms with Crippen LogP contribution in [-0.2, 0) is 42.8 Å². The molecule has 256 valence electrons. The first kappa shape index (κ1) is 39.6. The standard InChI is InChI=1S/C32H45NO13/c1-22(2)29(35)43-12-8-11-33-32(38)46-28(21-45-31(37)24(5)6)20-40-14-16-42-27-10-7-9-26(17-27)41-15-13-39-18-25(34)19-44-30(36)23(3)4/h7,9-10,17,25,28,34H,1,3,5,8,11-16,18-21H2,2,4,6H3,(H,33,38). The van der Waals surface area contributed by atoms with Gasteiger partial charge in [-0.05, 0) is 39.3 Å². The summed E-state index contributed by atoms with van der Waals surface area (Å²) in [5, 5.41) is 12.3. The molecule has 0 aliphatic rings. The maximum atomic E-state index is 12.2. The molecule has 0 radical (unpaired) electrons. The van der Waals surface area contributed by atoms with E-state index < -0.39 is 36.2 Å². The van der Waals surface area contributed by atoms with Crippen molar-refractivity contribution in [3.8, 4) is 11.5 Å². The summed E-state index contributed by atoms with van der Waals surface area (Å²) >= 11 is 0. The number of nitrogens with one attached hydrogen (secondary N) is 1. The van der Waals surface area contributed by atoms with Crippen LogP contribution in [-0.4, -0.2) is 107 Å².